The molecule has 0 aromatic carbocycles. The lowest BCUT2D eigenvalue weighted by Crippen LogP contribution is -2.46. The van der Waals surface area contributed by atoms with Crippen LogP contribution < -0.4 is 10.2 Å². The molecule has 10 heteroatoms. The molecule has 178 valence electrons. The molecule has 2 aromatic heterocycles. The van der Waals surface area contributed by atoms with Crippen molar-refractivity contribution in [2.24, 2.45) is 5.92 Å². The predicted molar refractivity (Wildman–Crippen MR) is 126 cm³/mol. The van der Waals surface area contributed by atoms with Crippen LogP contribution in [0.4, 0.5) is 5.82 Å². The molecule has 0 bridgehead atoms. The SMILES string of the molecule is CCN1CCN(c2ccc(CNC(=O)C3CCN(S(=O)(=O)c4cccnc4)CC3)cn2)CC1. The first kappa shape index (κ1) is 23.6. The van der Waals surface area contributed by atoms with Crippen LogP contribution in [0.5, 0.6) is 0 Å². The minimum atomic E-state index is -3.56. The molecule has 4 rings (SSSR count). The summed E-state index contributed by atoms with van der Waals surface area (Å²) in [5.74, 6) is 0.753. The van der Waals surface area contributed by atoms with Gasteiger partial charge in [-0.1, -0.05) is 13.0 Å². The maximum atomic E-state index is 12.7. The van der Waals surface area contributed by atoms with Crippen LogP contribution in [0.1, 0.15) is 25.3 Å². The Bertz CT molecular complexity index is 1020. The Morgan fingerprint density at radius 3 is 2.42 bits per heavy atom. The van der Waals surface area contributed by atoms with E-state index in [1.54, 1.807) is 18.3 Å². The van der Waals surface area contributed by atoms with Gasteiger partial charge in [-0.2, -0.15) is 4.31 Å². The van der Waals surface area contributed by atoms with Crippen molar-refractivity contribution >= 4 is 21.7 Å². The third-order valence-corrected chi connectivity index (χ3v) is 8.40. The molecule has 2 fully saturated rings. The fourth-order valence-electron chi connectivity index (χ4n) is 4.34. The van der Waals surface area contributed by atoms with Gasteiger partial charge in [0.05, 0.1) is 0 Å². The molecule has 2 aromatic rings. The van der Waals surface area contributed by atoms with Crippen LogP contribution >= 0.6 is 0 Å². The average Bonchev–Trinajstić information content (AvgIpc) is 2.88. The van der Waals surface area contributed by atoms with E-state index >= 15 is 0 Å². The van der Waals surface area contributed by atoms with Gasteiger partial charge in [0.25, 0.3) is 0 Å². The summed E-state index contributed by atoms with van der Waals surface area (Å²) in [6.45, 7) is 8.41. The maximum absolute atomic E-state index is 12.7. The van der Waals surface area contributed by atoms with Crippen molar-refractivity contribution in [2.75, 3.05) is 50.7 Å². The van der Waals surface area contributed by atoms with Gasteiger partial charge in [-0.3, -0.25) is 9.78 Å². The molecule has 1 N–H and O–H groups in total. The van der Waals surface area contributed by atoms with Gasteiger partial charge in [0.2, 0.25) is 15.9 Å². The number of hydrogen-bond acceptors (Lipinski definition) is 7. The summed E-state index contributed by atoms with van der Waals surface area (Å²) in [6, 6.07) is 7.19. The first-order chi connectivity index (χ1) is 16.0. The fraction of sp³-hybridized carbons (Fsp3) is 0.522. The second kappa shape index (κ2) is 10.6. The highest BCUT2D eigenvalue weighted by Crippen LogP contribution is 2.23. The zero-order chi connectivity index (χ0) is 23.3. The monoisotopic (exact) mass is 472 g/mol. The maximum Gasteiger partial charge on any atom is 0.244 e. The number of rotatable bonds is 7. The molecule has 0 aliphatic carbocycles. The third-order valence-electron chi connectivity index (χ3n) is 6.52. The zero-order valence-electron chi connectivity index (χ0n) is 19.1. The Kier molecular flexibility index (Phi) is 7.56. The number of amides is 1. The summed E-state index contributed by atoms with van der Waals surface area (Å²) in [5.41, 5.74) is 0.955. The van der Waals surface area contributed by atoms with Gasteiger partial charge in [-0.25, -0.2) is 13.4 Å². The first-order valence-corrected chi connectivity index (χ1v) is 13.0. The second-order valence-electron chi connectivity index (χ2n) is 8.53. The first-order valence-electron chi connectivity index (χ1n) is 11.6. The number of piperazine rings is 1. The summed E-state index contributed by atoms with van der Waals surface area (Å²) in [6.07, 6.45) is 5.74. The van der Waals surface area contributed by atoms with E-state index in [1.165, 1.54) is 10.5 Å². The molecular formula is C23H32N6O3S. The summed E-state index contributed by atoms with van der Waals surface area (Å²) in [4.78, 5) is 26.1. The Labute approximate surface area is 195 Å². The van der Waals surface area contributed by atoms with E-state index in [2.05, 4.69) is 32.0 Å². The summed E-state index contributed by atoms with van der Waals surface area (Å²) >= 11 is 0. The van der Waals surface area contributed by atoms with Gasteiger partial charge in [0, 0.05) is 70.3 Å². The normalized spacial score (nSPS) is 18.9. The van der Waals surface area contributed by atoms with Crippen LogP contribution in [-0.2, 0) is 21.4 Å². The highest BCUT2D eigenvalue weighted by atomic mass is 32.2. The molecule has 9 nitrogen and oxygen atoms in total. The number of hydrogen-bond donors (Lipinski definition) is 1. The molecule has 2 aliphatic rings. The number of nitrogens with one attached hydrogen (secondary N) is 1. The number of aromatic nitrogens is 2. The lowest BCUT2D eigenvalue weighted by molar-refractivity contribution is -0.126. The number of likely N-dealkylation sites (N-methyl/N-ethyl adjacent to an activating group) is 1. The molecule has 2 aliphatic heterocycles. The van der Waals surface area contributed by atoms with Crippen molar-refractivity contribution in [2.45, 2.75) is 31.2 Å². The Morgan fingerprint density at radius 2 is 1.82 bits per heavy atom. The number of carbonyl (C=O) groups is 1. The van der Waals surface area contributed by atoms with Gasteiger partial charge < -0.3 is 15.1 Å². The van der Waals surface area contributed by atoms with E-state index in [1.807, 2.05) is 18.3 Å². The Hall–Kier alpha value is -2.56. The predicted octanol–water partition coefficient (Wildman–Crippen LogP) is 1.34. The van der Waals surface area contributed by atoms with E-state index in [9.17, 15) is 13.2 Å². The van der Waals surface area contributed by atoms with Gasteiger partial charge in [0.1, 0.15) is 10.7 Å². The summed E-state index contributed by atoms with van der Waals surface area (Å²) < 4.78 is 26.9. The molecule has 1 amide bonds. The van der Waals surface area contributed by atoms with E-state index in [-0.39, 0.29) is 16.7 Å². The third kappa shape index (κ3) is 5.69. The molecule has 0 spiro atoms. The second-order valence-corrected chi connectivity index (χ2v) is 10.5. The topological polar surface area (TPSA) is 98.7 Å². The standard InChI is InChI=1S/C23H32N6O3S/c1-2-27-12-14-28(15-13-27)22-6-5-19(16-25-22)17-26-23(30)20-7-10-29(11-8-20)33(31,32)21-4-3-9-24-18-21/h3-6,9,16,18,20H,2,7-8,10-15,17H2,1H3,(H,26,30). The van der Waals surface area contributed by atoms with E-state index in [0.29, 0.717) is 32.5 Å². The molecule has 0 unspecified atom stereocenters. The van der Waals surface area contributed by atoms with E-state index < -0.39 is 10.0 Å². The van der Waals surface area contributed by atoms with Crippen molar-refractivity contribution in [3.8, 4) is 0 Å². The highest BCUT2D eigenvalue weighted by molar-refractivity contribution is 7.89. The number of nitrogens with zero attached hydrogens (tertiary/aromatic N) is 5. The van der Waals surface area contributed by atoms with Crippen LogP contribution in [-0.4, -0.2) is 79.3 Å². The molecule has 0 saturated carbocycles. The van der Waals surface area contributed by atoms with E-state index in [4.69, 9.17) is 0 Å². The lowest BCUT2D eigenvalue weighted by Gasteiger charge is -2.34. The van der Waals surface area contributed by atoms with Crippen molar-refractivity contribution in [1.29, 1.82) is 0 Å². The summed E-state index contributed by atoms with van der Waals surface area (Å²) in [5, 5.41) is 2.99. The van der Waals surface area contributed by atoms with Crippen LogP contribution in [0.2, 0.25) is 0 Å². The van der Waals surface area contributed by atoms with Crippen molar-refractivity contribution in [1.82, 2.24) is 24.5 Å². The summed E-state index contributed by atoms with van der Waals surface area (Å²) in [7, 11) is -3.56. The van der Waals surface area contributed by atoms with Gasteiger partial charge in [-0.05, 0) is 43.1 Å². The Balaban J connectivity index is 1.24. The van der Waals surface area contributed by atoms with Crippen molar-refractivity contribution in [3.63, 3.8) is 0 Å². The van der Waals surface area contributed by atoms with Crippen molar-refractivity contribution in [3.05, 3.63) is 48.4 Å². The van der Waals surface area contributed by atoms with Crippen LogP contribution in [0, 0.1) is 5.92 Å². The average molecular weight is 473 g/mol. The van der Waals surface area contributed by atoms with Gasteiger partial charge in [0.15, 0.2) is 0 Å². The van der Waals surface area contributed by atoms with Crippen LogP contribution in [0.15, 0.2) is 47.8 Å². The number of sulfonamides is 1. The van der Waals surface area contributed by atoms with Gasteiger partial charge in [-0.15, -0.1) is 0 Å². The number of piperidine rings is 1. The molecule has 33 heavy (non-hydrogen) atoms. The zero-order valence-corrected chi connectivity index (χ0v) is 19.9. The quantitative estimate of drug-likeness (QED) is 0.649. The van der Waals surface area contributed by atoms with Gasteiger partial charge >= 0.3 is 0 Å². The molecule has 4 heterocycles. The lowest BCUT2D eigenvalue weighted by atomic mass is 9.97. The smallest absolute Gasteiger partial charge is 0.244 e. The Morgan fingerprint density at radius 1 is 1.06 bits per heavy atom. The van der Waals surface area contributed by atoms with E-state index in [0.717, 1.165) is 44.1 Å². The molecular weight excluding hydrogens is 440 g/mol. The molecule has 0 atom stereocenters. The van der Waals surface area contributed by atoms with Crippen molar-refractivity contribution < 1.29 is 13.2 Å². The van der Waals surface area contributed by atoms with Crippen LogP contribution in [0.25, 0.3) is 0 Å². The number of anilines is 1. The minimum Gasteiger partial charge on any atom is -0.354 e. The highest BCUT2D eigenvalue weighted by Gasteiger charge is 2.32. The molecule has 2 saturated heterocycles. The number of carbonyl (C=O) groups excluding carboxylic acids is 1. The van der Waals surface area contributed by atoms with Crippen LogP contribution in [0.3, 0.4) is 0 Å². The molecule has 0 radical (unpaired) electrons. The minimum absolute atomic E-state index is 0.0341. The number of pyridine rings is 2. The fourth-order valence-corrected chi connectivity index (χ4v) is 5.78. The largest absolute Gasteiger partial charge is 0.354 e.